The molecule has 2 nitrogen and oxygen atoms in total. The van der Waals surface area contributed by atoms with Gasteiger partial charge in [-0.2, -0.15) is 0 Å². The molecule has 0 aliphatic carbocycles. The fourth-order valence-corrected chi connectivity index (χ4v) is 1.82. The summed E-state index contributed by atoms with van der Waals surface area (Å²) in [4.78, 5) is 0. The molecule has 1 heterocycles. The number of fused-ring (bicyclic) bond motifs is 1. The lowest BCUT2D eigenvalue weighted by Crippen LogP contribution is -2.14. The smallest absolute Gasteiger partial charge is 0.122 e. The van der Waals surface area contributed by atoms with Gasteiger partial charge in [-0.1, -0.05) is 12.1 Å². The molecule has 0 saturated carbocycles. The molecule has 1 aliphatic heterocycles. The molecule has 0 radical (unpaired) electrons. The van der Waals surface area contributed by atoms with Crippen LogP contribution in [0.25, 0.3) is 0 Å². The van der Waals surface area contributed by atoms with Crippen molar-refractivity contribution >= 4 is 0 Å². The van der Waals surface area contributed by atoms with Crippen LogP contribution in [0.3, 0.4) is 0 Å². The highest BCUT2D eigenvalue weighted by Gasteiger charge is 2.12. The van der Waals surface area contributed by atoms with Gasteiger partial charge in [-0.15, -0.1) is 0 Å². The van der Waals surface area contributed by atoms with Crippen LogP contribution in [0.1, 0.15) is 30.5 Å². The van der Waals surface area contributed by atoms with E-state index in [2.05, 4.69) is 30.4 Å². The van der Waals surface area contributed by atoms with Crippen molar-refractivity contribution in [2.24, 2.45) is 0 Å². The number of nitrogens with one attached hydrogen (secondary N) is 1. The van der Waals surface area contributed by atoms with Gasteiger partial charge in [0.1, 0.15) is 5.75 Å². The lowest BCUT2D eigenvalue weighted by molar-refractivity contribution is 0.288. The van der Waals surface area contributed by atoms with Gasteiger partial charge in [0, 0.05) is 6.04 Å². The van der Waals surface area contributed by atoms with Crippen molar-refractivity contribution < 1.29 is 4.74 Å². The fraction of sp³-hybridized carbons (Fsp3) is 0.500. The van der Waals surface area contributed by atoms with Crippen LogP contribution in [0.15, 0.2) is 18.2 Å². The molecule has 14 heavy (non-hydrogen) atoms. The van der Waals surface area contributed by atoms with Crippen LogP contribution < -0.4 is 10.1 Å². The lowest BCUT2D eigenvalue weighted by Gasteiger charge is -2.19. The summed E-state index contributed by atoms with van der Waals surface area (Å²) in [6.07, 6.45) is 2.30. The Morgan fingerprint density at radius 2 is 2.29 bits per heavy atom. The van der Waals surface area contributed by atoms with Crippen LogP contribution in [0.4, 0.5) is 0 Å². The summed E-state index contributed by atoms with van der Waals surface area (Å²) in [6.45, 7) is 3.04. The first kappa shape index (κ1) is 9.53. The van der Waals surface area contributed by atoms with E-state index in [-0.39, 0.29) is 0 Å². The zero-order valence-electron chi connectivity index (χ0n) is 8.84. The minimum absolute atomic E-state index is 0.419. The molecule has 1 aliphatic rings. The summed E-state index contributed by atoms with van der Waals surface area (Å²) in [7, 11) is 1.99. The normalized spacial score (nSPS) is 17.0. The maximum absolute atomic E-state index is 5.57. The van der Waals surface area contributed by atoms with Gasteiger partial charge in [-0.3, -0.25) is 0 Å². The Hall–Kier alpha value is -1.02. The molecule has 2 rings (SSSR count). The molecule has 1 aromatic rings. The van der Waals surface area contributed by atoms with Gasteiger partial charge in [-0.05, 0) is 44.0 Å². The number of hydrogen-bond donors (Lipinski definition) is 1. The molecular formula is C12H17NO. The first-order valence-electron chi connectivity index (χ1n) is 5.24. The predicted molar refractivity (Wildman–Crippen MR) is 57.7 cm³/mol. The number of benzene rings is 1. The van der Waals surface area contributed by atoms with Gasteiger partial charge in [0.25, 0.3) is 0 Å². The van der Waals surface area contributed by atoms with Gasteiger partial charge in [0.15, 0.2) is 0 Å². The van der Waals surface area contributed by atoms with E-state index >= 15 is 0 Å². The largest absolute Gasteiger partial charge is 0.493 e. The average molecular weight is 191 g/mol. The summed E-state index contributed by atoms with van der Waals surface area (Å²) in [6, 6.07) is 6.92. The van der Waals surface area contributed by atoms with Crippen molar-refractivity contribution in [1.82, 2.24) is 5.32 Å². The van der Waals surface area contributed by atoms with Crippen LogP contribution in [0.2, 0.25) is 0 Å². The Balaban J connectivity index is 2.29. The third-order valence-electron chi connectivity index (χ3n) is 2.87. The summed E-state index contributed by atoms with van der Waals surface area (Å²) in [5.74, 6) is 1.07. The van der Waals surface area contributed by atoms with Gasteiger partial charge >= 0.3 is 0 Å². The maximum Gasteiger partial charge on any atom is 0.122 e. The van der Waals surface area contributed by atoms with Crippen molar-refractivity contribution in [3.8, 4) is 5.75 Å². The van der Waals surface area contributed by atoms with E-state index in [0.29, 0.717) is 6.04 Å². The fourth-order valence-electron chi connectivity index (χ4n) is 1.82. The molecule has 0 aromatic heterocycles. The SMILES string of the molecule is CN[C@@H](C)c1ccc2c(c1)CCCO2. The quantitative estimate of drug-likeness (QED) is 0.774. The Kier molecular flexibility index (Phi) is 2.73. The highest BCUT2D eigenvalue weighted by atomic mass is 16.5. The first-order chi connectivity index (χ1) is 6.81. The third kappa shape index (κ3) is 1.75. The van der Waals surface area contributed by atoms with Crippen LogP contribution >= 0.6 is 0 Å². The molecule has 76 valence electrons. The van der Waals surface area contributed by atoms with E-state index < -0.39 is 0 Å². The topological polar surface area (TPSA) is 21.3 Å². The molecule has 0 spiro atoms. The first-order valence-corrected chi connectivity index (χ1v) is 5.24. The van der Waals surface area contributed by atoms with Gasteiger partial charge in [0.2, 0.25) is 0 Å². The summed E-state index contributed by atoms with van der Waals surface area (Å²) >= 11 is 0. The Morgan fingerprint density at radius 3 is 3.07 bits per heavy atom. The zero-order valence-corrected chi connectivity index (χ0v) is 8.84. The second-order valence-corrected chi connectivity index (χ2v) is 3.83. The van der Waals surface area contributed by atoms with Gasteiger partial charge in [-0.25, -0.2) is 0 Å². The molecule has 0 unspecified atom stereocenters. The number of rotatable bonds is 2. The average Bonchev–Trinajstić information content (AvgIpc) is 2.27. The van der Waals surface area contributed by atoms with Crippen LogP contribution in [0, 0.1) is 0 Å². The maximum atomic E-state index is 5.57. The molecule has 1 aromatic carbocycles. The lowest BCUT2D eigenvalue weighted by atomic mass is 10.0. The van der Waals surface area contributed by atoms with Gasteiger partial charge < -0.3 is 10.1 Å². The molecule has 0 saturated heterocycles. The standard InChI is InChI=1S/C12H17NO/c1-9(13-2)10-5-6-12-11(8-10)4-3-7-14-12/h5-6,8-9,13H,3-4,7H2,1-2H3/t9-/m0/s1. The number of hydrogen-bond acceptors (Lipinski definition) is 2. The molecule has 0 amide bonds. The second-order valence-electron chi connectivity index (χ2n) is 3.83. The van der Waals surface area contributed by atoms with E-state index in [1.54, 1.807) is 0 Å². The molecular weight excluding hydrogens is 174 g/mol. The van der Waals surface area contributed by atoms with Crippen molar-refractivity contribution in [1.29, 1.82) is 0 Å². The van der Waals surface area contributed by atoms with Crippen molar-refractivity contribution in [2.75, 3.05) is 13.7 Å². The van der Waals surface area contributed by atoms with E-state index in [9.17, 15) is 0 Å². The third-order valence-corrected chi connectivity index (χ3v) is 2.87. The van der Waals surface area contributed by atoms with Crippen LogP contribution in [-0.2, 0) is 6.42 Å². The predicted octanol–water partition coefficient (Wildman–Crippen LogP) is 2.29. The molecule has 2 heteroatoms. The van der Waals surface area contributed by atoms with E-state index in [4.69, 9.17) is 4.74 Å². The van der Waals surface area contributed by atoms with Crippen molar-refractivity contribution in [3.63, 3.8) is 0 Å². The Bertz CT molecular complexity index is 322. The van der Waals surface area contributed by atoms with Crippen LogP contribution in [0.5, 0.6) is 5.75 Å². The number of ether oxygens (including phenoxy) is 1. The van der Waals surface area contributed by atoms with Gasteiger partial charge in [0.05, 0.1) is 6.61 Å². The highest BCUT2D eigenvalue weighted by Crippen LogP contribution is 2.27. The molecule has 1 atom stereocenters. The highest BCUT2D eigenvalue weighted by molar-refractivity contribution is 5.39. The van der Waals surface area contributed by atoms with Crippen molar-refractivity contribution in [3.05, 3.63) is 29.3 Å². The Morgan fingerprint density at radius 1 is 1.43 bits per heavy atom. The van der Waals surface area contributed by atoms with Crippen molar-refractivity contribution in [2.45, 2.75) is 25.8 Å². The van der Waals surface area contributed by atoms with E-state index in [1.807, 2.05) is 7.05 Å². The minimum Gasteiger partial charge on any atom is -0.493 e. The molecule has 0 bridgehead atoms. The monoisotopic (exact) mass is 191 g/mol. The number of aryl methyl sites for hydroxylation is 1. The minimum atomic E-state index is 0.419. The summed E-state index contributed by atoms with van der Waals surface area (Å²) in [5, 5.41) is 3.25. The van der Waals surface area contributed by atoms with Crippen LogP contribution in [-0.4, -0.2) is 13.7 Å². The molecule has 0 fully saturated rings. The summed E-state index contributed by atoms with van der Waals surface area (Å²) < 4.78 is 5.57. The second kappa shape index (κ2) is 4.01. The molecule has 1 N–H and O–H groups in total. The van der Waals surface area contributed by atoms with E-state index in [1.165, 1.54) is 11.1 Å². The Labute approximate surface area is 85.3 Å². The summed E-state index contributed by atoms with van der Waals surface area (Å²) in [5.41, 5.74) is 2.70. The zero-order chi connectivity index (χ0) is 9.97. The van der Waals surface area contributed by atoms with E-state index in [0.717, 1.165) is 25.2 Å².